The number of carbonyl (C=O) groups is 2. The second kappa shape index (κ2) is 5.82. The molecule has 2 unspecified atom stereocenters. The van der Waals surface area contributed by atoms with Crippen LogP contribution >= 0.6 is 11.3 Å². The molecule has 5 heteroatoms. The normalized spacial score (nSPS) is 22.7. The first kappa shape index (κ1) is 12.8. The second-order valence-electron chi connectivity index (χ2n) is 4.34. The van der Waals surface area contributed by atoms with Gasteiger partial charge in [0.15, 0.2) is 0 Å². The summed E-state index contributed by atoms with van der Waals surface area (Å²) < 4.78 is 0. The fourth-order valence-electron chi connectivity index (χ4n) is 2.09. The molecule has 0 bridgehead atoms. The Bertz CT molecular complexity index is 453. The van der Waals surface area contributed by atoms with Gasteiger partial charge in [-0.15, -0.1) is 0 Å². The Morgan fingerprint density at radius 3 is 2.67 bits per heavy atom. The largest absolute Gasteiger partial charge is 0.481 e. The lowest BCUT2D eigenvalue weighted by Crippen LogP contribution is -2.38. The van der Waals surface area contributed by atoms with Crippen molar-refractivity contribution >= 4 is 23.2 Å². The van der Waals surface area contributed by atoms with Crippen molar-refractivity contribution in [1.82, 2.24) is 5.32 Å². The zero-order valence-electron chi connectivity index (χ0n) is 9.83. The number of hydrogen-bond acceptors (Lipinski definition) is 3. The van der Waals surface area contributed by atoms with E-state index < -0.39 is 17.8 Å². The molecule has 1 aliphatic rings. The maximum absolute atomic E-state index is 12.0. The van der Waals surface area contributed by atoms with Gasteiger partial charge in [0, 0.05) is 6.54 Å². The molecule has 1 aromatic heterocycles. The van der Waals surface area contributed by atoms with E-state index in [1.807, 2.05) is 29.0 Å². The van der Waals surface area contributed by atoms with Crippen LogP contribution in [0.4, 0.5) is 0 Å². The summed E-state index contributed by atoms with van der Waals surface area (Å²) in [5.74, 6) is -2.11. The molecule has 4 nitrogen and oxygen atoms in total. The first-order valence-corrected chi connectivity index (χ1v) is 6.79. The van der Waals surface area contributed by atoms with Crippen molar-refractivity contribution in [3.63, 3.8) is 0 Å². The van der Waals surface area contributed by atoms with Crippen LogP contribution in [-0.4, -0.2) is 17.0 Å². The van der Waals surface area contributed by atoms with Gasteiger partial charge in [0.1, 0.15) is 0 Å². The predicted molar refractivity (Wildman–Crippen MR) is 69.2 cm³/mol. The quantitative estimate of drug-likeness (QED) is 0.819. The Hall–Kier alpha value is -1.62. The van der Waals surface area contributed by atoms with Gasteiger partial charge in [-0.1, -0.05) is 12.2 Å². The Labute approximate surface area is 109 Å². The number of thiophene rings is 1. The van der Waals surface area contributed by atoms with E-state index in [2.05, 4.69) is 5.32 Å². The number of carbonyl (C=O) groups excluding carboxylic acids is 1. The van der Waals surface area contributed by atoms with Crippen molar-refractivity contribution in [1.29, 1.82) is 0 Å². The minimum Gasteiger partial charge on any atom is -0.481 e. The molecule has 1 aromatic rings. The van der Waals surface area contributed by atoms with Gasteiger partial charge in [0.2, 0.25) is 5.91 Å². The fraction of sp³-hybridized carbons (Fsp3) is 0.385. The van der Waals surface area contributed by atoms with Crippen LogP contribution in [0.2, 0.25) is 0 Å². The van der Waals surface area contributed by atoms with Crippen LogP contribution in [0.15, 0.2) is 29.0 Å². The lowest BCUT2D eigenvalue weighted by molar-refractivity contribution is -0.147. The maximum atomic E-state index is 12.0. The summed E-state index contributed by atoms with van der Waals surface area (Å²) in [4.78, 5) is 23.1. The van der Waals surface area contributed by atoms with E-state index in [4.69, 9.17) is 5.11 Å². The molecule has 0 aromatic carbocycles. The molecule has 0 fully saturated rings. The number of aliphatic carboxylic acids is 1. The summed E-state index contributed by atoms with van der Waals surface area (Å²) in [6.45, 7) is 0.467. The number of carboxylic acids is 1. The van der Waals surface area contributed by atoms with E-state index in [9.17, 15) is 9.59 Å². The van der Waals surface area contributed by atoms with Crippen molar-refractivity contribution in [3.8, 4) is 0 Å². The standard InChI is InChI=1S/C13H15NO3S/c15-12(14-7-9-5-6-18-8-9)10-3-1-2-4-11(10)13(16)17/h1-2,5-6,8,10-11H,3-4,7H2,(H,14,15)(H,16,17). The van der Waals surface area contributed by atoms with Crippen molar-refractivity contribution in [2.24, 2.45) is 11.8 Å². The molecule has 0 saturated carbocycles. The van der Waals surface area contributed by atoms with Gasteiger partial charge in [-0.25, -0.2) is 0 Å². The molecular formula is C13H15NO3S. The van der Waals surface area contributed by atoms with Gasteiger partial charge in [0.05, 0.1) is 11.8 Å². The number of rotatable bonds is 4. The molecule has 2 N–H and O–H groups in total. The van der Waals surface area contributed by atoms with Crippen molar-refractivity contribution in [3.05, 3.63) is 34.5 Å². The summed E-state index contributed by atoms with van der Waals surface area (Å²) in [7, 11) is 0. The van der Waals surface area contributed by atoms with E-state index in [1.54, 1.807) is 11.3 Å². The first-order valence-electron chi connectivity index (χ1n) is 5.85. The molecule has 1 amide bonds. The van der Waals surface area contributed by atoms with E-state index in [1.165, 1.54) is 0 Å². The number of nitrogens with one attached hydrogen (secondary N) is 1. The SMILES string of the molecule is O=C(O)C1CC=CCC1C(=O)NCc1ccsc1. The number of allylic oxidation sites excluding steroid dienone is 2. The third-order valence-corrected chi connectivity index (χ3v) is 3.87. The summed E-state index contributed by atoms with van der Waals surface area (Å²) in [6, 6.07) is 1.94. The highest BCUT2D eigenvalue weighted by Gasteiger charge is 2.33. The molecule has 0 spiro atoms. The monoisotopic (exact) mass is 265 g/mol. The molecule has 2 rings (SSSR count). The van der Waals surface area contributed by atoms with Gasteiger partial charge < -0.3 is 10.4 Å². The number of carboxylic acid groups (broad SMARTS) is 1. The smallest absolute Gasteiger partial charge is 0.307 e. The molecule has 96 valence electrons. The minimum atomic E-state index is -0.893. The van der Waals surface area contributed by atoms with E-state index in [-0.39, 0.29) is 5.91 Å². The van der Waals surface area contributed by atoms with Crippen molar-refractivity contribution in [2.45, 2.75) is 19.4 Å². The highest BCUT2D eigenvalue weighted by Crippen LogP contribution is 2.26. The summed E-state index contributed by atoms with van der Waals surface area (Å²) in [5, 5.41) is 15.8. The molecule has 0 aliphatic heterocycles. The van der Waals surface area contributed by atoms with Crippen LogP contribution in [0.5, 0.6) is 0 Å². The molecular weight excluding hydrogens is 250 g/mol. The average molecular weight is 265 g/mol. The minimum absolute atomic E-state index is 0.169. The summed E-state index contributed by atoms with van der Waals surface area (Å²) in [5.41, 5.74) is 1.05. The zero-order chi connectivity index (χ0) is 13.0. The zero-order valence-corrected chi connectivity index (χ0v) is 10.7. The molecule has 2 atom stereocenters. The van der Waals surface area contributed by atoms with Crippen LogP contribution in [0.25, 0.3) is 0 Å². The highest BCUT2D eigenvalue weighted by atomic mass is 32.1. The average Bonchev–Trinajstić information content (AvgIpc) is 2.89. The Morgan fingerprint density at radius 2 is 2.06 bits per heavy atom. The Morgan fingerprint density at radius 1 is 1.33 bits per heavy atom. The van der Waals surface area contributed by atoms with Gasteiger partial charge >= 0.3 is 5.97 Å². The van der Waals surface area contributed by atoms with E-state index >= 15 is 0 Å². The third kappa shape index (κ3) is 2.98. The van der Waals surface area contributed by atoms with Crippen LogP contribution < -0.4 is 5.32 Å². The van der Waals surface area contributed by atoms with Gasteiger partial charge in [-0.3, -0.25) is 9.59 Å². The van der Waals surface area contributed by atoms with Crippen LogP contribution in [0.3, 0.4) is 0 Å². The Balaban J connectivity index is 1.94. The van der Waals surface area contributed by atoms with Gasteiger partial charge in [-0.05, 0) is 35.2 Å². The van der Waals surface area contributed by atoms with Crippen LogP contribution in [-0.2, 0) is 16.1 Å². The lowest BCUT2D eigenvalue weighted by Gasteiger charge is -2.24. The van der Waals surface area contributed by atoms with Gasteiger partial charge in [0.25, 0.3) is 0 Å². The summed E-state index contributed by atoms with van der Waals surface area (Å²) in [6.07, 6.45) is 4.66. The second-order valence-corrected chi connectivity index (χ2v) is 5.12. The molecule has 18 heavy (non-hydrogen) atoms. The number of hydrogen-bond donors (Lipinski definition) is 2. The molecule has 0 saturated heterocycles. The molecule has 0 radical (unpaired) electrons. The van der Waals surface area contributed by atoms with Crippen LogP contribution in [0, 0.1) is 11.8 Å². The summed E-state index contributed by atoms with van der Waals surface area (Å²) >= 11 is 1.58. The van der Waals surface area contributed by atoms with Crippen molar-refractivity contribution < 1.29 is 14.7 Å². The van der Waals surface area contributed by atoms with E-state index in [0.29, 0.717) is 19.4 Å². The first-order chi connectivity index (χ1) is 8.68. The fourth-order valence-corrected chi connectivity index (χ4v) is 2.76. The predicted octanol–water partition coefficient (Wildman–Crippen LogP) is 2.03. The third-order valence-electron chi connectivity index (χ3n) is 3.13. The van der Waals surface area contributed by atoms with Gasteiger partial charge in [-0.2, -0.15) is 11.3 Å². The topological polar surface area (TPSA) is 66.4 Å². The molecule has 1 aliphatic carbocycles. The van der Waals surface area contributed by atoms with Crippen molar-refractivity contribution in [2.75, 3.05) is 0 Å². The van der Waals surface area contributed by atoms with Crippen LogP contribution in [0.1, 0.15) is 18.4 Å². The number of amides is 1. The maximum Gasteiger partial charge on any atom is 0.307 e. The Kier molecular flexibility index (Phi) is 4.15. The highest BCUT2D eigenvalue weighted by molar-refractivity contribution is 7.07. The lowest BCUT2D eigenvalue weighted by atomic mass is 9.82. The van der Waals surface area contributed by atoms with E-state index in [0.717, 1.165) is 5.56 Å². The molecule has 1 heterocycles.